The molecule has 0 aromatic rings. The number of methoxy groups -OCH3 is 1. The largest absolute Gasteiger partial charge is 0.532 e. The zero-order valence-corrected chi connectivity index (χ0v) is 8.66. The first kappa shape index (κ1) is 11.0. The molecule has 0 radical (unpaired) electrons. The molecule has 0 bridgehead atoms. The highest BCUT2D eigenvalue weighted by atomic mass is 16.7. The van der Waals surface area contributed by atoms with Crippen LogP contribution in [0.15, 0.2) is 0 Å². The Hall–Kier alpha value is -0.0800. The maximum Gasteiger partial charge on any atom is 0.116 e. The van der Waals surface area contributed by atoms with E-state index in [4.69, 9.17) is 9.47 Å². The Bertz CT molecular complexity index is 115. The lowest BCUT2D eigenvalue weighted by atomic mass is 9.81. The first-order valence-electron chi connectivity index (χ1n) is 5.10. The maximum absolute atomic E-state index is 5.23. The highest BCUT2D eigenvalue weighted by Crippen LogP contribution is 2.31. The van der Waals surface area contributed by atoms with Gasteiger partial charge in [0.15, 0.2) is 0 Å². The van der Waals surface area contributed by atoms with E-state index in [1.54, 1.807) is 7.11 Å². The average Bonchev–Trinajstić information content (AvgIpc) is 2.19. The zero-order valence-electron chi connectivity index (χ0n) is 8.66. The van der Waals surface area contributed by atoms with Crippen molar-refractivity contribution in [1.29, 1.82) is 0 Å². The van der Waals surface area contributed by atoms with Gasteiger partial charge in [-0.1, -0.05) is 25.7 Å². The monoisotopic (exact) mass is 184 g/mol. The van der Waals surface area contributed by atoms with Gasteiger partial charge in [-0.05, 0) is 0 Å². The maximum atomic E-state index is 5.23. The fourth-order valence-corrected chi connectivity index (χ4v) is 1.86. The molecule has 2 nitrogen and oxygen atoms in total. The molecule has 1 aliphatic carbocycles. The lowest BCUT2D eigenvalue weighted by Crippen LogP contribution is -2.15. The quantitative estimate of drug-likeness (QED) is 0.371. The fraction of sp³-hybridized carbons (Fsp3) is 0.818. The van der Waals surface area contributed by atoms with E-state index >= 15 is 0 Å². The summed E-state index contributed by atoms with van der Waals surface area (Å²) in [6, 6.07) is 0. The van der Waals surface area contributed by atoms with E-state index in [1.807, 2.05) is 6.61 Å². The van der Waals surface area contributed by atoms with E-state index in [0.717, 1.165) is 5.92 Å². The molecule has 2 heteroatoms. The third kappa shape index (κ3) is 4.10. The van der Waals surface area contributed by atoms with Gasteiger partial charge in [0.25, 0.3) is 0 Å². The molecule has 0 N–H and O–H groups in total. The fourth-order valence-electron chi connectivity index (χ4n) is 1.86. The van der Waals surface area contributed by atoms with Gasteiger partial charge in [-0.15, -0.1) is 5.92 Å². The first-order chi connectivity index (χ1) is 6.36. The van der Waals surface area contributed by atoms with Gasteiger partial charge in [-0.2, -0.15) is 12.8 Å². The molecular weight excluding hydrogens is 164 g/mol. The number of rotatable bonds is 5. The van der Waals surface area contributed by atoms with Crippen molar-refractivity contribution < 1.29 is 9.47 Å². The minimum atomic E-state index is 0.389. The van der Waals surface area contributed by atoms with E-state index in [9.17, 15) is 0 Å². The second-order valence-electron chi connectivity index (χ2n) is 3.72. The molecule has 1 aliphatic rings. The molecule has 0 saturated heterocycles. The summed E-state index contributed by atoms with van der Waals surface area (Å²) in [6.07, 6.45) is 7.48. The second-order valence-corrected chi connectivity index (χ2v) is 3.72. The smallest absolute Gasteiger partial charge is 0.116 e. The standard InChI is InChI=1S/C11H20O2/c1-3-10-4-6-11(7-5-10)8-13-9-12-2/h3,8,10-11H,4-7,9H2,1-2H3/q-2. The van der Waals surface area contributed by atoms with E-state index < -0.39 is 0 Å². The van der Waals surface area contributed by atoms with Gasteiger partial charge in [0.05, 0.1) is 0 Å². The second kappa shape index (κ2) is 6.39. The Labute approximate surface area is 81.6 Å². The lowest BCUT2D eigenvalue weighted by Gasteiger charge is -2.37. The molecule has 1 fully saturated rings. The van der Waals surface area contributed by atoms with Crippen molar-refractivity contribution in [1.82, 2.24) is 0 Å². The molecule has 0 unspecified atom stereocenters. The molecular formula is C11H20O2-2. The summed E-state index contributed by atoms with van der Waals surface area (Å²) in [5, 5.41) is 0. The van der Waals surface area contributed by atoms with Crippen molar-refractivity contribution in [2.24, 2.45) is 11.8 Å². The molecule has 1 saturated carbocycles. The molecule has 13 heavy (non-hydrogen) atoms. The van der Waals surface area contributed by atoms with E-state index in [2.05, 4.69) is 13.3 Å². The predicted molar refractivity (Wildman–Crippen MR) is 52.7 cm³/mol. The third-order valence-corrected chi connectivity index (χ3v) is 2.76. The Morgan fingerprint density at radius 2 is 1.77 bits per heavy atom. The van der Waals surface area contributed by atoms with E-state index in [0.29, 0.717) is 12.7 Å². The van der Waals surface area contributed by atoms with Crippen LogP contribution in [0, 0.1) is 24.9 Å². The summed E-state index contributed by atoms with van der Waals surface area (Å²) in [4.78, 5) is 0. The van der Waals surface area contributed by atoms with Crippen LogP contribution < -0.4 is 0 Å². The zero-order chi connectivity index (χ0) is 9.52. The van der Waals surface area contributed by atoms with Crippen molar-refractivity contribution >= 4 is 0 Å². The molecule has 0 spiro atoms. The van der Waals surface area contributed by atoms with Crippen LogP contribution in [-0.4, -0.2) is 13.9 Å². The normalized spacial score (nSPS) is 29.1. The van der Waals surface area contributed by atoms with E-state index in [1.165, 1.54) is 25.7 Å². The van der Waals surface area contributed by atoms with E-state index in [-0.39, 0.29) is 0 Å². The molecule has 0 aliphatic heterocycles. The van der Waals surface area contributed by atoms with Gasteiger partial charge in [0.2, 0.25) is 0 Å². The molecule has 0 atom stereocenters. The number of hydrogen-bond acceptors (Lipinski definition) is 2. The highest BCUT2D eigenvalue weighted by Gasteiger charge is 2.10. The molecule has 0 heterocycles. The van der Waals surface area contributed by atoms with Crippen LogP contribution >= 0.6 is 0 Å². The predicted octanol–water partition coefficient (Wildman–Crippen LogP) is 2.80. The minimum Gasteiger partial charge on any atom is -0.532 e. The molecule has 0 amide bonds. The lowest BCUT2D eigenvalue weighted by molar-refractivity contribution is -0.0147. The Morgan fingerprint density at radius 3 is 2.31 bits per heavy atom. The summed E-state index contributed by atoms with van der Waals surface area (Å²) < 4.78 is 10.0. The topological polar surface area (TPSA) is 18.5 Å². The van der Waals surface area contributed by atoms with Crippen molar-refractivity contribution in [3.63, 3.8) is 0 Å². The Kier molecular flexibility index (Phi) is 5.40. The van der Waals surface area contributed by atoms with Gasteiger partial charge in [-0.25, -0.2) is 6.61 Å². The van der Waals surface area contributed by atoms with Crippen LogP contribution in [-0.2, 0) is 9.47 Å². The Balaban J connectivity index is 2.03. The molecule has 0 aromatic heterocycles. The summed E-state index contributed by atoms with van der Waals surface area (Å²) >= 11 is 0. The van der Waals surface area contributed by atoms with Gasteiger partial charge < -0.3 is 15.9 Å². The number of hydrogen-bond donors (Lipinski definition) is 0. The van der Waals surface area contributed by atoms with Gasteiger partial charge >= 0.3 is 0 Å². The minimum absolute atomic E-state index is 0.389. The van der Waals surface area contributed by atoms with Crippen LogP contribution in [0.4, 0.5) is 0 Å². The van der Waals surface area contributed by atoms with Crippen molar-refractivity contribution in [3.8, 4) is 0 Å². The summed E-state index contributed by atoms with van der Waals surface area (Å²) in [5.74, 6) is 1.48. The Morgan fingerprint density at radius 1 is 1.15 bits per heavy atom. The van der Waals surface area contributed by atoms with Crippen molar-refractivity contribution in [3.05, 3.63) is 13.0 Å². The van der Waals surface area contributed by atoms with Crippen LogP contribution in [0.25, 0.3) is 0 Å². The van der Waals surface area contributed by atoms with Crippen LogP contribution in [0.1, 0.15) is 32.6 Å². The summed E-state index contributed by atoms with van der Waals surface area (Å²) in [7, 11) is 1.65. The average molecular weight is 184 g/mol. The van der Waals surface area contributed by atoms with Crippen LogP contribution in [0.5, 0.6) is 0 Å². The van der Waals surface area contributed by atoms with Crippen LogP contribution in [0.2, 0.25) is 0 Å². The molecule has 0 aromatic carbocycles. The van der Waals surface area contributed by atoms with Gasteiger partial charge in [-0.3, -0.25) is 0 Å². The van der Waals surface area contributed by atoms with Gasteiger partial charge in [0.1, 0.15) is 6.79 Å². The molecule has 78 valence electrons. The number of ether oxygens (including phenoxy) is 2. The highest BCUT2D eigenvalue weighted by molar-refractivity contribution is 4.82. The molecule has 1 rings (SSSR count). The van der Waals surface area contributed by atoms with Crippen molar-refractivity contribution in [2.75, 3.05) is 13.9 Å². The van der Waals surface area contributed by atoms with Gasteiger partial charge in [0, 0.05) is 7.11 Å². The van der Waals surface area contributed by atoms with Crippen molar-refractivity contribution in [2.45, 2.75) is 32.6 Å². The van der Waals surface area contributed by atoms with Crippen LogP contribution in [0.3, 0.4) is 0 Å². The summed E-state index contributed by atoms with van der Waals surface area (Å²) in [5.41, 5.74) is 0. The first-order valence-corrected chi connectivity index (χ1v) is 5.10. The SMILES string of the molecule is C[CH-]C1CCC([CH-]OCOC)CC1. The summed E-state index contributed by atoms with van der Waals surface area (Å²) in [6.45, 7) is 4.51. The third-order valence-electron chi connectivity index (χ3n) is 2.76.